The van der Waals surface area contributed by atoms with E-state index in [0.29, 0.717) is 12.0 Å². The molecule has 0 aromatic carbocycles. The zero-order valence-corrected chi connectivity index (χ0v) is 14.2. The van der Waals surface area contributed by atoms with E-state index in [9.17, 15) is 5.11 Å². The van der Waals surface area contributed by atoms with Crippen LogP contribution in [-0.4, -0.2) is 11.7 Å². The van der Waals surface area contributed by atoms with Crippen LogP contribution in [0, 0.1) is 10.8 Å². The lowest BCUT2D eigenvalue weighted by atomic mass is 9.54. The summed E-state index contributed by atoms with van der Waals surface area (Å²) in [5, 5.41) is 10.3. The standard InChI is InChI=1S/C18H38O/c1-6-11-17(12-7-2,13-8-3)18(16-19,14-9-4)15-10-5/h19H,6-16H2,1-5H3. The second-order valence-electron chi connectivity index (χ2n) is 6.47. The third kappa shape index (κ3) is 4.48. The van der Waals surface area contributed by atoms with Gasteiger partial charge in [0.25, 0.3) is 0 Å². The fourth-order valence-corrected chi connectivity index (χ4v) is 4.54. The molecule has 0 saturated carbocycles. The summed E-state index contributed by atoms with van der Waals surface area (Å²) in [5.74, 6) is 0. The molecule has 1 heteroatoms. The first-order valence-corrected chi connectivity index (χ1v) is 8.72. The van der Waals surface area contributed by atoms with Crippen LogP contribution in [0.2, 0.25) is 0 Å². The van der Waals surface area contributed by atoms with Crippen LogP contribution >= 0.6 is 0 Å². The Kier molecular flexibility index (Phi) is 9.78. The van der Waals surface area contributed by atoms with Crippen molar-refractivity contribution in [2.45, 2.75) is 98.8 Å². The lowest BCUT2D eigenvalue weighted by Crippen LogP contribution is -2.45. The number of aliphatic hydroxyl groups is 1. The lowest BCUT2D eigenvalue weighted by molar-refractivity contribution is -0.0563. The summed E-state index contributed by atoms with van der Waals surface area (Å²) < 4.78 is 0. The average molecular weight is 271 g/mol. The fraction of sp³-hybridized carbons (Fsp3) is 1.00. The zero-order valence-electron chi connectivity index (χ0n) is 14.2. The molecule has 0 spiro atoms. The fourth-order valence-electron chi connectivity index (χ4n) is 4.54. The van der Waals surface area contributed by atoms with Crippen LogP contribution in [0.5, 0.6) is 0 Å². The summed E-state index contributed by atoms with van der Waals surface area (Å²) in [5.41, 5.74) is 0.532. The van der Waals surface area contributed by atoms with Crippen LogP contribution in [0.3, 0.4) is 0 Å². The van der Waals surface area contributed by atoms with E-state index in [1.165, 1.54) is 64.2 Å². The largest absolute Gasteiger partial charge is 0.396 e. The molecule has 1 N–H and O–H groups in total. The molecule has 116 valence electrons. The van der Waals surface area contributed by atoms with Crippen molar-refractivity contribution in [2.24, 2.45) is 10.8 Å². The van der Waals surface area contributed by atoms with Crippen molar-refractivity contribution in [3.63, 3.8) is 0 Å². The van der Waals surface area contributed by atoms with Gasteiger partial charge in [-0.15, -0.1) is 0 Å². The molecule has 0 atom stereocenters. The predicted octanol–water partition coefficient (Wildman–Crippen LogP) is 5.95. The summed E-state index contributed by atoms with van der Waals surface area (Å²) in [4.78, 5) is 0. The molecule has 0 aliphatic carbocycles. The van der Waals surface area contributed by atoms with E-state index in [1.807, 2.05) is 0 Å². The van der Waals surface area contributed by atoms with Gasteiger partial charge in [-0.05, 0) is 42.9 Å². The highest BCUT2D eigenvalue weighted by Gasteiger charge is 2.47. The minimum absolute atomic E-state index is 0.165. The predicted molar refractivity (Wildman–Crippen MR) is 86.5 cm³/mol. The molecule has 19 heavy (non-hydrogen) atoms. The van der Waals surface area contributed by atoms with Crippen molar-refractivity contribution in [2.75, 3.05) is 6.61 Å². The quantitative estimate of drug-likeness (QED) is 0.464. The van der Waals surface area contributed by atoms with Gasteiger partial charge in [0.1, 0.15) is 0 Å². The van der Waals surface area contributed by atoms with Crippen LogP contribution in [0.25, 0.3) is 0 Å². The van der Waals surface area contributed by atoms with Crippen LogP contribution < -0.4 is 0 Å². The van der Waals surface area contributed by atoms with Crippen molar-refractivity contribution in [3.8, 4) is 0 Å². The van der Waals surface area contributed by atoms with E-state index in [1.54, 1.807) is 0 Å². The molecule has 1 nitrogen and oxygen atoms in total. The van der Waals surface area contributed by atoms with Crippen molar-refractivity contribution < 1.29 is 5.11 Å². The van der Waals surface area contributed by atoms with Gasteiger partial charge in [0.15, 0.2) is 0 Å². The highest BCUT2D eigenvalue weighted by atomic mass is 16.3. The van der Waals surface area contributed by atoms with Crippen molar-refractivity contribution in [1.82, 2.24) is 0 Å². The minimum atomic E-state index is 0.165. The first kappa shape index (κ1) is 19.0. The monoisotopic (exact) mass is 270 g/mol. The molecule has 0 radical (unpaired) electrons. The second kappa shape index (κ2) is 9.80. The zero-order chi connectivity index (χ0) is 14.8. The van der Waals surface area contributed by atoms with Gasteiger partial charge in [0.2, 0.25) is 0 Å². The first-order valence-electron chi connectivity index (χ1n) is 8.72. The van der Waals surface area contributed by atoms with Gasteiger partial charge in [-0.1, -0.05) is 66.7 Å². The van der Waals surface area contributed by atoms with Crippen LogP contribution in [0.1, 0.15) is 98.8 Å². The number of hydrogen-bond acceptors (Lipinski definition) is 1. The van der Waals surface area contributed by atoms with Crippen LogP contribution in [-0.2, 0) is 0 Å². The van der Waals surface area contributed by atoms with Gasteiger partial charge in [0.05, 0.1) is 0 Å². The molecule has 0 rings (SSSR count). The Morgan fingerprint density at radius 1 is 0.526 bits per heavy atom. The van der Waals surface area contributed by atoms with Crippen molar-refractivity contribution >= 4 is 0 Å². The molecule has 0 aromatic heterocycles. The highest BCUT2D eigenvalue weighted by molar-refractivity contribution is 4.97. The van der Waals surface area contributed by atoms with Crippen LogP contribution in [0.4, 0.5) is 0 Å². The SMILES string of the molecule is CCCC(CO)(CCC)C(CCC)(CCC)CCC. The van der Waals surface area contributed by atoms with Gasteiger partial charge < -0.3 is 5.11 Å². The molecule has 0 fully saturated rings. The Labute approximate surface area is 122 Å². The number of rotatable bonds is 12. The van der Waals surface area contributed by atoms with E-state index in [4.69, 9.17) is 0 Å². The molecule has 0 heterocycles. The summed E-state index contributed by atoms with van der Waals surface area (Å²) >= 11 is 0. The van der Waals surface area contributed by atoms with Gasteiger partial charge >= 0.3 is 0 Å². The topological polar surface area (TPSA) is 20.2 Å². The Balaban J connectivity index is 5.50. The third-order valence-electron chi connectivity index (χ3n) is 5.07. The van der Waals surface area contributed by atoms with E-state index in [-0.39, 0.29) is 5.41 Å². The molecule has 0 aliphatic rings. The molecule has 0 amide bonds. The molecule has 0 aromatic rings. The average Bonchev–Trinajstić information content (AvgIpc) is 2.39. The summed E-state index contributed by atoms with van der Waals surface area (Å²) in [6.45, 7) is 11.8. The summed E-state index contributed by atoms with van der Waals surface area (Å²) in [6, 6.07) is 0. The summed E-state index contributed by atoms with van der Waals surface area (Å²) in [7, 11) is 0. The van der Waals surface area contributed by atoms with Gasteiger partial charge in [-0.25, -0.2) is 0 Å². The molecule has 0 saturated heterocycles. The molecular formula is C18H38O. The van der Waals surface area contributed by atoms with Gasteiger partial charge in [0, 0.05) is 6.61 Å². The molecule has 0 bridgehead atoms. The Hall–Kier alpha value is -0.0400. The lowest BCUT2D eigenvalue weighted by Gasteiger charge is -2.51. The molecule has 0 aliphatic heterocycles. The molecular weight excluding hydrogens is 232 g/mol. The Morgan fingerprint density at radius 3 is 1.00 bits per heavy atom. The van der Waals surface area contributed by atoms with E-state index in [0.717, 1.165) is 0 Å². The van der Waals surface area contributed by atoms with Gasteiger partial charge in [-0.2, -0.15) is 0 Å². The van der Waals surface area contributed by atoms with E-state index in [2.05, 4.69) is 34.6 Å². The van der Waals surface area contributed by atoms with E-state index < -0.39 is 0 Å². The van der Waals surface area contributed by atoms with Crippen molar-refractivity contribution in [3.05, 3.63) is 0 Å². The number of aliphatic hydroxyl groups excluding tert-OH is 1. The summed E-state index contributed by atoms with van der Waals surface area (Å²) in [6.07, 6.45) is 12.4. The number of hydrogen-bond donors (Lipinski definition) is 1. The smallest absolute Gasteiger partial charge is 0.0492 e. The molecule has 0 unspecified atom stereocenters. The maximum atomic E-state index is 10.3. The van der Waals surface area contributed by atoms with E-state index >= 15 is 0 Å². The third-order valence-corrected chi connectivity index (χ3v) is 5.07. The Bertz CT molecular complexity index is 187. The maximum Gasteiger partial charge on any atom is 0.0492 e. The maximum absolute atomic E-state index is 10.3. The van der Waals surface area contributed by atoms with Crippen LogP contribution in [0.15, 0.2) is 0 Å². The second-order valence-corrected chi connectivity index (χ2v) is 6.47. The minimum Gasteiger partial charge on any atom is -0.396 e. The Morgan fingerprint density at radius 2 is 0.789 bits per heavy atom. The highest BCUT2D eigenvalue weighted by Crippen LogP contribution is 2.55. The van der Waals surface area contributed by atoms with Gasteiger partial charge in [-0.3, -0.25) is 0 Å². The normalized spacial score (nSPS) is 12.9. The first-order chi connectivity index (χ1) is 9.11. The van der Waals surface area contributed by atoms with Crippen molar-refractivity contribution in [1.29, 1.82) is 0 Å².